The van der Waals surface area contributed by atoms with Gasteiger partial charge in [-0.25, -0.2) is 9.97 Å². The third-order valence-corrected chi connectivity index (χ3v) is 25.4. The highest BCUT2D eigenvalue weighted by Gasteiger charge is 2.30. The molecule has 0 bridgehead atoms. The summed E-state index contributed by atoms with van der Waals surface area (Å²) in [5.74, 6) is 7.74. The van der Waals surface area contributed by atoms with Crippen LogP contribution in [0.4, 0.5) is 11.4 Å². The molecule has 27 nitrogen and oxygen atoms in total. The number of phenols is 4. The zero-order valence-corrected chi connectivity index (χ0v) is 85.3. The zero-order valence-electron chi connectivity index (χ0n) is 85.3. The number of methoxy groups -OCH3 is 4. The number of hydrogen-bond donors (Lipinski definition) is 4. The largest absolute Gasteiger partial charge is 0.507 e. The maximum absolute atomic E-state index is 11.3. The molecule has 0 radical (unpaired) electrons. The molecule has 1 saturated carbocycles. The number of aryl methyl sites for hydroxylation is 2. The van der Waals surface area contributed by atoms with Crippen molar-refractivity contribution in [1.82, 2.24) is 39.7 Å². The van der Waals surface area contributed by atoms with Gasteiger partial charge < -0.3 is 82.3 Å². The number of carbonyl (C=O) groups excluding carboxylic acids is 2. The van der Waals surface area contributed by atoms with Crippen molar-refractivity contribution in [2.75, 3.05) is 71.1 Å². The third kappa shape index (κ3) is 27.8. The molecule has 768 valence electrons. The van der Waals surface area contributed by atoms with E-state index < -0.39 is 0 Å². The lowest BCUT2D eigenvalue weighted by molar-refractivity contribution is 0.110. The molecule has 19 rings (SSSR count). The van der Waals surface area contributed by atoms with Crippen molar-refractivity contribution in [3.63, 3.8) is 0 Å². The number of aldehydes is 2. The van der Waals surface area contributed by atoms with E-state index in [2.05, 4.69) is 94.0 Å². The number of para-hydroxylation sites is 1. The van der Waals surface area contributed by atoms with Crippen molar-refractivity contribution in [2.45, 2.75) is 110 Å². The van der Waals surface area contributed by atoms with Gasteiger partial charge >= 0.3 is 0 Å². The zero-order chi connectivity index (χ0) is 105. The molecule has 1 unspecified atom stereocenters. The summed E-state index contributed by atoms with van der Waals surface area (Å²) >= 11 is 0. The van der Waals surface area contributed by atoms with Gasteiger partial charge in [0.1, 0.15) is 114 Å². The van der Waals surface area contributed by atoms with E-state index in [4.69, 9.17) is 52.1 Å². The number of aromatic nitrogens is 8. The topological polar surface area (TPSA) is 318 Å². The highest BCUT2D eigenvalue weighted by atomic mass is 16.5. The minimum Gasteiger partial charge on any atom is -0.507 e. The number of benzene rings is 9. The van der Waals surface area contributed by atoms with Crippen LogP contribution in [0.25, 0.3) is 69.5 Å². The molecular weight excluding hydrogens is 1890 g/mol. The molecule has 0 amide bonds. The lowest BCUT2D eigenvalue weighted by atomic mass is 9.93. The van der Waals surface area contributed by atoms with Crippen LogP contribution in [0.2, 0.25) is 0 Å². The summed E-state index contributed by atoms with van der Waals surface area (Å²) in [5, 5.41) is 44.2. The van der Waals surface area contributed by atoms with Crippen LogP contribution in [0.15, 0.2) is 331 Å². The first-order chi connectivity index (χ1) is 73.4. The van der Waals surface area contributed by atoms with Crippen LogP contribution in [-0.2, 0) is 26.4 Å². The van der Waals surface area contributed by atoms with Gasteiger partial charge in [0.15, 0.2) is 12.6 Å². The number of phenolic OH excluding ortho intramolecular Hbond substituents is 4. The van der Waals surface area contributed by atoms with Crippen molar-refractivity contribution < 1.29 is 82.1 Å². The Hall–Kier alpha value is -18.0. The number of piperidine rings is 1. The number of rotatable bonds is 36. The fraction of sp³-hybridized carbons (Fsp3) is 0.211. The molecule has 2 atom stereocenters. The molecule has 7 aromatic heterocycles. The van der Waals surface area contributed by atoms with Gasteiger partial charge in [-0.1, -0.05) is 148 Å². The first-order valence-electron chi connectivity index (χ1n) is 49.4. The van der Waals surface area contributed by atoms with Crippen LogP contribution >= 0.6 is 0 Å². The average molecular weight is 2010 g/mol. The van der Waals surface area contributed by atoms with E-state index >= 15 is 0 Å². The van der Waals surface area contributed by atoms with Gasteiger partial charge in [0.25, 0.3) is 0 Å². The Kier molecular flexibility index (Phi) is 39.4. The van der Waals surface area contributed by atoms with Crippen molar-refractivity contribution in [3.8, 4) is 132 Å². The molecule has 16 aromatic rings. The van der Waals surface area contributed by atoms with E-state index in [9.17, 15) is 30.0 Å². The molecule has 2 aliphatic heterocycles. The summed E-state index contributed by atoms with van der Waals surface area (Å²) in [6.45, 7) is 25.8. The smallest absolute Gasteiger partial charge is 0.222 e. The SMILES string of the molecule is C=Cc1c(O)cccc1OCc1cccnc1-c1ccccc1OC.C=Cc1c(O)cccc1OCc1cccnc1-c1cccnc1OC.C=Cc1c(O)cccc1OCc1cccnc1-c1cccnc1OCC.C=Cc1c(O)cccc1OCc1cccnc1-c1ccnn1C1CCC1.COc1cccc(N2CCCC(Oc3cccc(C)c3C=O)C2)c1.COc1cccc(N2CCC[C@H]2COc2cccc(C)c2C=O)c1. The highest BCUT2D eigenvalue weighted by Crippen LogP contribution is 2.42. The Morgan fingerprint density at radius 3 is 1.24 bits per heavy atom. The van der Waals surface area contributed by atoms with E-state index in [0.717, 1.165) is 165 Å². The normalized spacial score (nSPS) is 13.1. The summed E-state index contributed by atoms with van der Waals surface area (Å²) in [6, 6.07) is 81.6. The van der Waals surface area contributed by atoms with Gasteiger partial charge in [-0.15, -0.1) is 0 Å². The maximum Gasteiger partial charge on any atom is 0.222 e. The van der Waals surface area contributed by atoms with Gasteiger partial charge in [0.2, 0.25) is 11.8 Å². The first kappa shape index (κ1) is 108. The Bertz CT molecular complexity index is 7090. The van der Waals surface area contributed by atoms with E-state index in [-0.39, 0.29) is 42.3 Å². The summed E-state index contributed by atoms with van der Waals surface area (Å²) < 4.78 is 65.0. The summed E-state index contributed by atoms with van der Waals surface area (Å²) in [4.78, 5) is 53.9. The number of carbonyl (C=O) groups is 2. The molecular formula is C123H124N10O17. The molecule has 150 heavy (non-hydrogen) atoms. The Labute approximate surface area is 875 Å². The molecule has 3 fully saturated rings. The predicted molar refractivity (Wildman–Crippen MR) is 588 cm³/mol. The molecule has 9 heterocycles. The minimum atomic E-state index is 0.0745. The van der Waals surface area contributed by atoms with Crippen molar-refractivity contribution in [3.05, 3.63) is 397 Å². The molecule has 9 aromatic carbocycles. The van der Waals surface area contributed by atoms with E-state index in [1.807, 2.05) is 203 Å². The molecule has 4 N–H and O–H groups in total. The van der Waals surface area contributed by atoms with Gasteiger partial charge in [0, 0.05) is 108 Å². The summed E-state index contributed by atoms with van der Waals surface area (Å²) in [6.07, 6.45) is 28.2. The van der Waals surface area contributed by atoms with Crippen molar-refractivity contribution in [2.24, 2.45) is 0 Å². The quantitative estimate of drug-likeness (QED) is 0.0265. The fourth-order valence-electron chi connectivity index (χ4n) is 17.5. The standard InChI is InChI=1S/C21H21N3O2.C21H20N2O3.C21H19NO3.C20H18N2O3.2C20H23NO3/c1-2-17-19(25)9-4-10-20(17)26-14-15-6-5-12-22-21(15)18-11-13-23-24(18)16-7-3-8-16;1-3-16-18(24)10-5-11-19(16)26-14-15-8-6-12-22-20(15)17-9-7-13-23-21(17)25-4-2;1-3-16-18(23)10-6-12-20(16)25-14-15-8-7-13-22-21(15)17-9-4-5-11-19(17)24-2;1-3-15-17(23)9-4-10-18(15)25-13-14-7-5-11-21-19(14)16-8-6-12-22-20(16)24-2;1-15-6-3-10-20(19(15)13-22)24-14-17-8-5-11-21(17)16-7-4-9-18(12-16)23-2;1-15-6-3-10-20(19(15)14-22)24-18-9-5-11-21(13-18)16-7-4-8-17(12-16)23-2/h2,4-6,9-13,16,25H,1,3,7-8,14H2;3,5-13,24H,1,4,14H2,2H3;3-13,23H,1,14H2,2H3;3-12,23H,1,13H2,2H3;3-4,6-7,9-10,12-13,17H,5,8,11,14H2,1-2H3;3-4,6-8,10,12,14,18H,5,9,11,13H2,1-2H3/t;;;;17-;/m....0./s1. The minimum absolute atomic E-state index is 0.0745. The fourth-order valence-corrected chi connectivity index (χ4v) is 17.5. The predicted octanol–water partition coefficient (Wildman–Crippen LogP) is 25.6. The lowest BCUT2D eigenvalue weighted by Crippen LogP contribution is -2.41. The van der Waals surface area contributed by atoms with E-state index in [0.29, 0.717) is 118 Å². The molecule has 27 heteroatoms. The van der Waals surface area contributed by atoms with E-state index in [1.165, 1.54) is 19.3 Å². The van der Waals surface area contributed by atoms with Crippen LogP contribution < -0.4 is 61.9 Å². The highest BCUT2D eigenvalue weighted by molar-refractivity contribution is 5.83. The van der Waals surface area contributed by atoms with Gasteiger partial charge in [-0.05, 0) is 229 Å². The van der Waals surface area contributed by atoms with E-state index in [1.54, 1.807) is 157 Å². The maximum atomic E-state index is 11.3. The molecule has 0 spiro atoms. The van der Waals surface area contributed by atoms with Gasteiger partial charge in [-0.2, -0.15) is 5.10 Å². The van der Waals surface area contributed by atoms with Gasteiger partial charge in [0.05, 0.1) is 127 Å². The monoisotopic (exact) mass is 2010 g/mol. The second kappa shape index (κ2) is 54.8. The van der Waals surface area contributed by atoms with Crippen LogP contribution in [0.1, 0.15) is 134 Å². The summed E-state index contributed by atoms with van der Waals surface area (Å²) in [5.41, 5.74) is 18.2. The first-order valence-corrected chi connectivity index (χ1v) is 49.4. The molecule has 2 saturated heterocycles. The number of hydrogen-bond acceptors (Lipinski definition) is 26. The lowest BCUT2D eigenvalue weighted by Gasteiger charge is -2.34. The van der Waals surface area contributed by atoms with Crippen LogP contribution in [0.3, 0.4) is 0 Å². The van der Waals surface area contributed by atoms with Crippen LogP contribution in [0.5, 0.6) is 86.5 Å². The number of ether oxygens (including phenoxy) is 11. The Morgan fingerprint density at radius 1 is 0.360 bits per heavy atom. The molecule has 1 aliphatic carbocycles. The van der Waals surface area contributed by atoms with Gasteiger partial charge in [-0.3, -0.25) is 34.2 Å². The van der Waals surface area contributed by atoms with Crippen LogP contribution in [0, 0.1) is 13.8 Å². The number of pyridine rings is 6. The number of aromatic hydroxyl groups is 4. The van der Waals surface area contributed by atoms with Crippen LogP contribution in [-0.4, -0.2) is 146 Å². The average Bonchev–Trinajstić information content (AvgIpc) is 1.74. The summed E-state index contributed by atoms with van der Waals surface area (Å²) in [7, 11) is 6.58. The Morgan fingerprint density at radius 2 is 0.767 bits per heavy atom. The van der Waals surface area contributed by atoms with Crippen molar-refractivity contribution >= 4 is 48.3 Å². The number of anilines is 2. The second-order valence-corrected chi connectivity index (χ2v) is 34.8. The molecule has 3 aliphatic rings. The Balaban J connectivity index is 0.000000142. The van der Waals surface area contributed by atoms with Crippen molar-refractivity contribution in [1.29, 1.82) is 0 Å². The number of nitrogens with zero attached hydrogens (tertiary/aromatic N) is 10. The second-order valence-electron chi connectivity index (χ2n) is 34.8. The third-order valence-electron chi connectivity index (χ3n) is 25.4.